The number of amides is 1. The van der Waals surface area contributed by atoms with E-state index in [2.05, 4.69) is 15.5 Å². The summed E-state index contributed by atoms with van der Waals surface area (Å²) < 4.78 is 16.1. The van der Waals surface area contributed by atoms with E-state index in [-0.39, 0.29) is 12.5 Å². The molecule has 0 spiro atoms. The summed E-state index contributed by atoms with van der Waals surface area (Å²) in [5.41, 5.74) is 0.788. The molecule has 0 bridgehead atoms. The standard InChI is InChI=1S/C20H20ClN3O4/c1-3-16(27-17-7-5-4-6-15(17)21)20(25)22-12-18-23-19(24-28-18)13-8-10-14(26-2)11-9-13/h4-11,16H,3,12H2,1-2H3,(H,22,25). The zero-order chi connectivity index (χ0) is 19.9. The van der Waals surface area contributed by atoms with Gasteiger partial charge in [-0.05, 0) is 42.8 Å². The van der Waals surface area contributed by atoms with Crippen molar-refractivity contribution in [2.75, 3.05) is 7.11 Å². The van der Waals surface area contributed by atoms with Gasteiger partial charge in [0.1, 0.15) is 11.5 Å². The third-order valence-electron chi connectivity index (χ3n) is 4.00. The summed E-state index contributed by atoms with van der Waals surface area (Å²) in [5.74, 6) is 1.65. The third-order valence-corrected chi connectivity index (χ3v) is 4.31. The molecule has 1 atom stereocenters. The highest BCUT2D eigenvalue weighted by Gasteiger charge is 2.20. The van der Waals surface area contributed by atoms with Crippen LogP contribution in [0.5, 0.6) is 11.5 Å². The molecule has 0 saturated heterocycles. The van der Waals surface area contributed by atoms with E-state index in [1.165, 1.54) is 0 Å². The van der Waals surface area contributed by atoms with E-state index in [4.69, 9.17) is 25.6 Å². The molecule has 146 valence electrons. The van der Waals surface area contributed by atoms with Crippen molar-refractivity contribution in [1.82, 2.24) is 15.5 Å². The minimum Gasteiger partial charge on any atom is -0.497 e. The SMILES string of the molecule is CCC(Oc1ccccc1Cl)C(=O)NCc1nc(-c2ccc(OC)cc2)no1. The van der Waals surface area contributed by atoms with E-state index in [0.29, 0.717) is 28.9 Å². The van der Waals surface area contributed by atoms with Gasteiger partial charge in [-0.3, -0.25) is 4.79 Å². The Kier molecular flexibility index (Phi) is 6.49. The summed E-state index contributed by atoms with van der Waals surface area (Å²) in [5, 5.41) is 7.14. The summed E-state index contributed by atoms with van der Waals surface area (Å²) in [7, 11) is 1.60. The first kappa shape index (κ1) is 19.7. The molecule has 1 heterocycles. The lowest BCUT2D eigenvalue weighted by molar-refractivity contribution is -0.128. The van der Waals surface area contributed by atoms with Crippen LogP contribution in [-0.2, 0) is 11.3 Å². The molecule has 28 heavy (non-hydrogen) atoms. The van der Waals surface area contributed by atoms with E-state index >= 15 is 0 Å². The van der Waals surface area contributed by atoms with Crippen LogP contribution in [0.1, 0.15) is 19.2 Å². The lowest BCUT2D eigenvalue weighted by atomic mass is 10.2. The molecule has 8 heteroatoms. The average molecular weight is 402 g/mol. The number of halogens is 1. The Hall–Kier alpha value is -3.06. The molecule has 0 fully saturated rings. The van der Waals surface area contributed by atoms with Crippen LogP contribution >= 0.6 is 11.6 Å². The highest BCUT2D eigenvalue weighted by Crippen LogP contribution is 2.25. The first-order valence-corrected chi connectivity index (χ1v) is 9.14. The van der Waals surface area contributed by atoms with Gasteiger partial charge in [0.05, 0.1) is 18.7 Å². The van der Waals surface area contributed by atoms with Gasteiger partial charge in [0.2, 0.25) is 11.7 Å². The van der Waals surface area contributed by atoms with Crippen LogP contribution in [0.4, 0.5) is 0 Å². The molecule has 0 aliphatic rings. The molecule has 1 amide bonds. The molecule has 7 nitrogen and oxygen atoms in total. The molecule has 3 rings (SSSR count). The lowest BCUT2D eigenvalue weighted by Crippen LogP contribution is -2.37. The fourth-order valence-corrected chi connectivity index (χ4v) is 2.66. The largest absolute Gasteiger partial charge is 0.497 e. The maximum atomic E-state index is 12.4. The van der Waals surface area contributed by atoms with Crippen molar-refractivity contribution in [2.24, 2.45) is 0 Å². The van der Waals surface area contributed by atoms with Gasteiger partial charge in [0.25, 0.3) is 5.91 Å². The number of nitrogens with one attached hydrogen (secondary N) is 1. The number of rotatable bonds is 8. The number of carbonyl (C=O) groups excluding carboxylic acids is 1. The first-order valence-electron chi connectivity index (χ1n) is 8.76. The maximum Gasteiger partial charge on any atom is 0.261 e. The van der Waals surface area contributed by atoms with Crippen LogP contribution in [0.2, 0.25) is 5.02 Å². The minimum absolute atomic E-state index is 0.102. The number of hydrogen-bond donors (Lipinski definition) is 1. The van der Waals surface area contributed by atoms with Gasteiger partial charge in [-0.15, -0.1) is 0 Å². The Labute approximate surface area is 167 Å². The van der Waals surface area contributed by atoms with Crippen molar-refractivity contribution in [3.63, 3.8) is 0 Å². The molecule has 0 aliphatic carbocycles. The van der Waals surface area contributed by atoms with Crippen molar-refractivity contribution >= 4 is 17.5 Å². The van der Waals surface area contributed by atoms with Gasteiger partial charge < -0.3 is 19.3 Å². The van der Waals surface area contributed by atoms with Gasteiger partial charge in [0.15, 0.2) is 6.10 Å². The second-order valence-corrected chi connectivity index (χ2v) is 6.31. The van der Waals surface area contributed by atoms with E-state index in [1.807, 2.05) is 31.2 Å². The molecule has 1 unspecified atom stereocenters. The van der Waals surface area contributed by atoms with Crippen LogP contribution in [0.3, 0.4) is 0 Å². The monoisotopic (exact) mass is 401 g/mol. The molecule has 0 radical (unpaired) electrons. The lowest BCUT2D eigenvalue weighted by Gasteiger charge is -2.17. The van der Waals surface area contributed by atoms with Crippen molar-refractivity contribution in [3.05, 3.63) is 59.4 Å². The smallest absolute Gasteiger partial charge is 0.261 e. The molecular formula is C20H20ClN3O4. The summed E-state index contributed by atoms with van der Waals surface area (Å²) in [6.45, 7) is 1.96. The normalized spacial score (nSPS) is 11.7. The van der Waals surface area contributed by atoms with E-state index < -0.39 is 6.10 Å². The number of benzene rings is 2. The Morgan fingerprint density at radius 3 is 2.64 bits per heavy atom. The Morgan fingerprint density at radius 1 is 1.21 bits per heavy atom. The Balaban J connectivity index is 1.59. The third kappa shape index (κ3) is 4.80. The minimum atomic E-state index is -0.677. The highest BCUT2D eigenvalue weighted by molar-refractivity contribution is 6.32. The van der Waals surface area contributed by atoms with Gasteiger partial charge in [-0.2, -0.15) is 4.98 Å². The zero-order valence-electron chi connectivity index (χ0n) is 15.5. The second-order valence-electron chi connectivity index (χ2n) is 5.90. The number of methoxy groups -OCH3 is 1. The van der Waals surface area contributed by atoms with Gasteiger partial charge in [-0.25, -0.2) is 0 Å². The molecule has 3 aromatic rings. The summed E-state index contributed by atoms with van der Waals surface area (Å²) in [4.78, 5) is 16.7. The highest BCUT2D eigenvalue weighted by atomic mass is 35.5. The summed E-state index contributed by atoms with van der Waals surface area (Å²) in [6, 6.07) is 14.3. The average Bonchev–Trinajstić information content (AvgIpc) is 3.20. The fourth-order valence-electron chi connectivity index (χ4n) is 2.48. The predicted octanol–water partition coefficient (Wildman–Crippen LogP) is 3.87. The first-order chi connectivity index (χ1) is 13.6. The second kappa shape index (κ2) is 9.23. The Morgan fingerprint density at radius 2 is 1.96 bits per heavy atom. The van der Waals surface area contributed by atoms with Crippen molar-refractivity contribution < 1.29 is 18.8 Å². The fraction of sp³-hybridized carbons (Fsp3) is 0.250. The molecular weight excluding hydrogens is 382 g/mol. The quantitative estimate of drug-likeness (QED) is 0.616. The maximum absolute atomic E-state index is 12.4. The number of hydrogen-bond acceptors (Lipinski definition) is 6. The number of aromatic nitrogens is 2. The number of nitrogens with zero attached hydrogens (tertiary/aromatic N) is 2. The molecule has 0 aliphatic heterocycles. The number of para-hydroxylation sites is 1. The number of carbonyl (C=O) groups is 1. The van der Waals surface area contributed by atoms with Crippen LogP contribution in [0.25, 0.3) is 11.4 Å². The summed E-state index contributed by atoms with van der Waals surface area (Å²) >= 11 is 6.09. The van der Waals surface area contributed by atoms with E-state index in [9.17, 15) is 4.79 Å². The van der Waals surface area contributed by atoms with Crippen LogP contribution in [-0.4, -0.2) is 29.3 Å². The van der Waals surface area contributed by atoms with Gasteiger partial charge in [0, 0.05) is 5.56 Å². The van der Waals surface area contributed by atoms with E-state index in [1.54, 1.807) is 31.4 Å². The van der Waals surface area contributed by atoms with Gasteiger partial charge in [-0.1, -0.05) is 35.8 Å². The van der Waals surface area contributed by atoms with Crippen LogP contribution < -0.4 is 14.8 Å². The number of ether oxygens (including phenoxy) is 2. The summed E-state index contributed by atoms with van der Waals surface area (Å²) in [6.07, 6.45) is -0.193. The van der Waals surface area contributed by atoms with Crippen LogP contribution in [0.15, 0.2) is 53.1 Å². The van der Waals surface area contributed by atoms with Crippen molar-refractivity contribution in [1.29, 1.82) is 0 Å². The Bertz CT molecular complexity index is 927. The molecule has 1 aromatic heterocycles. The molecule has 2 aromatic carbocycles. The van der Waals surface area contributed by atoms with Crippen molar-refractivity contribution in [3.8, 4) is 22.9 Å². The van der Waals surface area contributed by atoms with Gasteiger partial charge >= 0.3 is 0 Å². The zero-order valence-corrected chi connectivity index (χ0v) is 16.3. The van der Waals surface area contributed by atoms with E-state index in [0.717, 1.165) is 11.3 Å². The van der Waals surface area contributed by atoms with Crippen molar-refractivity contribution in [2.45, 2.75) is 26.0 Å². The van der Waals surface area contributed by atoms with Crippen LogP contribution in [0, 0.1) is 0 Å². The molecule has 0 saturated carbocycles. The predicted molar refractivity (Wildman–Crippen MR) is 104 cm³/mol. The molecule has 1 N–H and O–H groups in total. The topological polar surface area (TPSA) is 86.5 Å².